The Morgan fingerprint density at radius 3 is 1.17 bits per heavy atom. The maximum atomic E-state index is 14.2. The van der Waals surface area contributed by atoms with E-state index in [1.807, 2.05) is 53.4 Å². The zero-order chi connectivity index (χ0) is 80.0. The number of likely N-dealkylation sites (tertiary alicyclic amines) is 3. The van der Waals surface area contributed by atoms with Crippen LogP contribution >= 0.6 is 0 Å². The van der Waals surface area contributed by atoms with E-state index in [1.165, 1.54) is 112 Å². The molecule has 6 atom stereocenters. The van der Waals surface area contributed by atoms with Gasteiger partial charge in [0.05, 0.1) is 34.9 Å². The summed E-state index contributed by atoms with van der Waals surface area (Å²) in [6, 6.07) is 65.5. The number of hydrogen-bond donors (Lipinski definition) is 7. The van der Waals surface area contributed by atoms with E-state index in [1.54, 1.807) is 36.4 Å². The average molecular weight is 1570 g/mol. The number of aliphatic hydroxyl groups is 3. The summed E-state index contributed by atoms with van der Waals surface area (Å²) in [5.74, 6) is 1.37. The van der Waals surface area contributed by atoms with Gasteiger partial charge in [0.15, 0.2) is 0 Å². The summed E-state index contributed by atoms with van der Waals surface area (Å²) in [5.41, 5.74) is 23.8. The lowest BCUT2D eigenvalue weighted by Gasteiger charge is -2.36. The highest BCUT2D eigenvalue weighted by molar-refractivity contribution is 5.94. The number of rotatable bonds is 18. The molecule has 606 valence electrons. The number of nitrogens with zero attached hydrogens (tertiary/aromatic N) is 7. The minimum Gasteiger partial charge on any atom is -0.390 e. The fraction of sp³-hybridized carbons (Fsp3) is 0.380. The van der Waals surface area contributed by atoms with Crippen molar-refractivity contribution in [3.05, 3.63) is 286 Å². The Morgan fingerprint density at radius 2 is 0.786 bits per heavy atom. The van der Waals surface area contributed by atoms with Crippen molar-refractivity contribution in [1.82, 2.24) is 48.9 Å². The molecule has 17 heteroatoms. The summed E-state index contributed by atoms with van der Waals surface area (Å²) in [7, 11) is 5.75. The van der Waals surface area contributed by atoms with Crippen LogP contribution in [0.15, 0.2) is 213 Å². The Morgan fingerprint density at radius 1 is 0.419 bits per heavy atom. The molecule has 14 nitrogen and oxygen atoms in total. The van der Waals surface area contributed by atoms with E-state index in [0.717, 1.165) is 149 Å². The highest BCUT2D eigenvalue weighted by Gasteiger charge is 2.37. The van der Waals surface area contributed by atoms with Crippen molar-refractivity contribution in [3.8, 4) is 0 Å². The number of piperidine rings is 4. The number of likely N-dealkylation sites (N-methyl/N-ethyl adjacent to an activating group) is 2. The Hall–Kier alpha value is -9.47. The number of halogens is 3. The van der Waals surface area contributed by atoms with E-state index in [-0.39, 0.29) is 24.0 Å². The first-order valence-electron chi connectivity index (χ1n) is 43.1. The highest BCUT2D eigenvalue weighted by atomic mass is 19.1. The topological polar surface area (TPSA) is 154 Å². The number of fused-ring (bicyclic) bond motifs is 4. The number of para-hydroxylation sites is 1. The molecule has 0 radical (unpaired) electrons. The zero-order valence-corrected chi connectivity index (χ0v) is 67.8. The number of nitrogens with one attached hydrogen (secondary N) is 3. The van der Waals surface area contributed by atoms with E-state index in [0.29, 0.717) is 68.6 Å². The molecule has 7 aliphatic rings. The maximum absolute atomic E-state index is 14.2. The maximum Gasteiger partial charge on any atom is 0.125 e. The molecule has 8 N–H and O–H groups in total. The highest BCUT2D eigenvalue weighted by Crippen LogP contribution is 2.48. The van der Waals surface area contributed by atoms with Gasteiger partial charge in [-0.15, -0.1) is 0 Å². The fourth-order valence-corrected chi connectivity index (χ4v) is 21.6. The van der Waals surface area contributed by atoms with Crippen molar-refractivity contribution in [2.24, 2.45) is 5.73 Å². The summed E-state index contributed by atoms with van der Waals surface area (Å²) >= 11 is 0. The summed E-state index contributed by atoms with van der Waals surface area (Å²) in [4.78, 5) is 13.3. The number of aliphatic hydroxyl groups excluding tert-OH is 3. The predicted octanol–water partition coefficient (Wildman–Crippen LogP) is 17.7. The third-order valence-corrected chi connectivity index (χ3v) is 27.2. The van der Waals surface area contributed by atoms with E-state index >= 15 is 0 Å². The van der Waals surface area contributed by atoms with E-state index in [4.69, 9.17) is 5.73 Å². The van der Waals surface area contributed by atoms with Crippen LogP contribution in [-0.2, 0) is 38.9 Å². The van der Waals surface area contributed by atoms with Gasteiger partial charge in [0, 0.05) is 109 Å². The first-order valence-corrected chi connectivity index (χ1v) is 43.1. The SMILES string of the molecule is CN(C)C[C@@H](O)Cn1cc(C2CCN(C3Cc4cccc5cccc3c45)CC2)c2ccc(F)cc21.CNC[C@@H](O)Cn1cc(C2CCN(C3Cc4cccc5cccc3c45)CC2)c2ccc(F)cc21.NC[C@@H](O)Cn1cc(C2CCN(C3Cc4cccc5cccc3c45)CC2)c2ccc(F)cc21.c1ccc2c(C3CCNCC3)c[nH]c2c1. The molecule has 4 fully saturated rings. The first-order chi connectivity index (χ1) is 57.2. The van der Waals surface area contributed by atoms with Crippen LogP contribution in [0.3, 0.4) is 0 Å². The van der Waals surface area contributed by atoms with Gasteiger partial charge in [-0.05, 0) is 316 Å². The molecule has 0 amide bonds. The van der Waals surface area contributed by atoms with Crippen molar-refractivity contribution in [2.45, 2.75) is 150 Å². The van der Waals surface area contributed by atoms with E-state index in [2.05, 4.69) is 193 Å². The van der Waals surface area contributed by atoms with Crippen LogP contribution in [0.1, 0.15) is 149 Å². The second-order valence-corrected chi connectivity index (χ2v) is 34.7. The molecule has 3 unspecified atom stereocenters. The van der Waals surface area contributed by atoms with Gasteiger partial charge < -0.3 is 55.3 Å². The molecule has 10 aromatic carbocycles. The van der Waals surface area contributed by atoms with Crippen molar-refractivity contribution in [3.63, 3.8) is 0 Å². The van der Waals surface area contributed by atoms with Crippen molar-refractivity contribution >= 4 is 75.9 Å². The number of nitrogens with two attached hydrogens (primary N) is 1. The third-order valence-electron chi connectivity index (χ3n) is 27.2. The van der Waals surface area contributed by atoms with Crippen LogP contribution in [0.5, 0.6) is 0 Å². The number of aromatic amines is 1. The molecule has 117 heavy (non-hydrogen) atoms. The molecule has 4 aliphatic heterocycles. The van der Waals surface area contributed by atoms with E-state index in [9.17, 15) is 28.5 Å². The van der Waals surface area contributed by atoms with Crippen LogP contribution in [0.25, 0.3) is 75.9 Å². The summed E-state index contributed by atoms with van der Waals surface area (Å²) in [5, 5.41) is 50.6. The molecule has 0 spiro atoms. The lowest BCUT2D eigenvalue weighted by molar-refractivity contribution is 0.120. The second-order valence-electron chi connectivity index (χ2n) is 34.7. The van der Waals surface area contributed by atoms with Crippen LogP contribution in [0.4, 0.5) is 13.2 Å². The van der Waals surface area contributed by atoms with Gasteiger partial charge in [0.1, 0.15) is 17.5 Å². The molecule has 0 saturated carbocycles. The normalized spacial score (nSPS) is 19.8. The Balaban J connectivity index is 0.000000111. The van der Waals surface area contributed by atoms with Crippen molar-refractivity contribution in [2.75, 3.05) is 93.1 Å². The molecular formula is C100H112F3N11O3. The predicted molar refractivity (Wildman–Crippen MR) is 470 cm³/mol. The number of hydrogen-bond acceptors (Lipinski definition) is 10. The summed E-state index contributed by atoms with van der Waals surface area (Å²) in [6.45, 7) is 11.3. The Labute approximate surface area is 684 Å². The lowest BCUT2D eigenvalue weighted by atomic mass is 9.88. The smallest absolute Gasteiger partial charge is 0.125 e. The van der Waals surface area contributed by atoms with Crippen molar-refractivity contribution in [1.29, 1.82) is 0 Å². The monoisotopic (exact) mass is 1570 g/mol. The van der Waals surface area contributed by atoms with Crippen LogP contribution in [0, 0.1) is 17.5 Å². The molecule has 4 saturated heterocycles. The molecule has 4 aromatic heterocycles. The quantitative estimate of drug-likeness (QED) is 0.0442. The minimum absolute atomic E-state index is 0.194. The van der Waals surface area contributed by atoms with Gasteiger partial charge >= 0.3 is 0 Å². The molecule has 14 aromatic rings. The van der Waals surface area contributed by atoms with Gasteiger partial charge in [-0.25, -0.2) is 13.2 Å². The van der Waals surface area contributed by atoms with Crippen LogP contribution < -0.4 is 16.4 Å². The fourth-order valence-electron chi connectivity index (χ4n) is 21.6. The van der Waals surface area contributed by atoms with Crippen LogP contribution in [0.2, 0.25) is 0 Å². The second kappa shape index (κ2) is 34.5. The van der Waals surface area contributed by atoms with E-state index < -0.39 is 18.3 Å². The summed E-state index contributed by atoms with van der Waals surface area (Å²) in [6.07, 6.45) is 19.4. The number of aromatic nitrogens is 4. The molecule has 0 bridgehead atoms. The molecular weight excluding hydrogens is 1460 g/mol. The van der Waals surface area contributed by atoms with Gasteiger partial charge in [-0.1, -0.05) is 127 Å². The molecule has 8 heterocycles. The number of H-pyrrole nitrogens is 1. The Bertz CT molecular complexity index is 5840. The zero-order valence-electron chi connectivity index (χ0n) is 67.8. The molecule has 3 aliphatic carbocycles. The first kappa shape index (κ1) is 78.7. The van der Waals surface area contributed by atoms with Gasteiger partial charge in [0.25, 0.3) is 0 Å². The van der Waals surface area contributed by atoms with Crippen LogP contribution in [-0.4, -0.2) is 165 Å². The standard InChI is InChI=1S/C30H34FN3O.C29H32FN3O.C28H30FN3O.C13H16N2/c1-32(2)17-24(35)18-34-19-27(25-10-9-23(31)16-29(25)34)20-11-13-33(14-12-20)28-15-22-7-3-5-21-6-4-8-26(28)30(21)22;1-31-16-23(34)17-33-18-26(24-9-8-22(30)15-28(24)33)19-10-12-32(13-11-19)27-14-21-6-2-4-20-5-3-7-25(27)29(20)21;29-21-7-8-23-25(17-32(27(23)14-21)16-22(33)15-30)18-9-11-31(12-10-18)26-13-20-5-1-3-19-4-2-6-24(26)28(19)20;1-2-4-13-11(3-1)12(9-15-13)10-5-7-14-8-6-10/h3-10,16,19-20,24,28,35H,11-15,17-18H2,1-2H3;2-9,15,18-19,23,27,31,34H,10-14,16-17H2,1H3;1-8,14,17-18,22,26,33H,9-13,15-16,30H2;1-4,9-10,14-15H,5-8H2/t24-,28?;23-,27?;22-,26?;/m111./s1. The number of benzene rings is 10. The lowest BCUT2D eigenvalue weighted by Crippen LogP contribution is -2.36. The molecule has 21 rings (SSSR count). The van der Waals surface area contributed by atoms with Gasteiger partial charge in [0.2, 0.25) is 0 Å². The third kappa shape index (κ3) is 16.1. The minimum atomic E-state index is -0.634. The van der Waals surface area contributed by atoms with Crippen molar-refractivity contribution < 1.29 is 28.5 Å². The Kier molecular flexibility index (Phi) is 23.2. The largest absolute Gasteiger partial charge is 0.390 e. The average Bonchev–Trinajstić information content (AvgIpc) is 1.61. The van der Waals surface area contributed by atoms with Gasteiger partial charge in [-0.3, -0.25) is 14.7 Å². The summed E-state index contributed by atoms with van der Waals surface area (Å²) < 4.78 is 48.3. The van der Waals surface area contributed by atoms with Gasteiger partial charge in [-0.2, -0.15) is 0 Å².